The number of nitrogens with one attached hydrogen (secondary N) is 1. The van der Waals surface area contributed by atoms with E-state index in [1.807, 2.05) is 0 Å². The van der Waals surface area contributed by atoms with E-state index >= 15 is 0 Å². The lowest BCUT2D eigenvalue weighted by molar-refractivity contribution is -0.619. The zero-order valence-corrected chi connectivity index (χ0v) is 18.7. The van der Waals surface area contributed by atoms with Crippen LogP contribution in [0.4, 0.5) is 5.69 Å². The van der Waals surface area contributed by atoms with E-state index in [1.165, 1.54) is 41.5 Å². The normalized spacial score (nSPS) is 16.6. The van der Waals surface area contributed by atoms with Crippen LogP contribution in [0.3, 0.4) is 0 Å². The van der Waals surface area contributed by atoms with Gasteiger partial charge in [0.15, 0.2) is 6.20 Å². The molecule has 3 N–H and O–H groups in total. The predicted molar refractivity (Wildman–Crippen MR) is 123 cm³/mol. The van der Waals surface area contributed by atoms with E-state index in [-0.39, 0.29) is 24.1 Å². The average molecular weight is 493 g/mol. The Labute approximate surface area is 202 Å². The third kappa shape index (κ3) is 3.96. The lowest BCUT2D eigenvalue weighted by Gasteiger charge is -2.21. The smallest absolute Gasteiger partial charge is 0.335 e. The number of anilines is 1. The molecule has 4 aromatic rings. The van der Waals surface area contributed by atoms with Gasteiger partial charge in [-0.05, 0) is 71.8 Å². The van der Waals surface area contributed by atoms with E-state index in [2.05, 4.69) is 20.8 Å². The number of aryl methyl sites for hydroxylation is 1. The second-order valence-electron chi connectivity index (χ2n) is 8.04. The number of aromatic nitrogens is 5. The Hall–Kier alpha value is -4.35. The van der Waals surface area contributed by atoms with Crippen molar-refractivity contribution < 1.29 is 24.5 Å². The maximum atomic E-state index is 13.1. The summed E-state index contributed by atoms with van der Waals surface area (Å²) >= 11 is 6.20. The van der Waals surface area contributed by atoms with E-state index in [0.29, 0.717) is 37.8 Å². The first-order chi connectivity index (χ1) is 16.8. The summed E-state index contributed by atoms with van der Waals surface area (Å²) < 4.78 is 1.93. The molecule has 0 saturated carbocycles. The van der Waals surface area contributed by atoms with Crippen LogP contribution in [-0.2, 0) is 16.8 Å². The summed E-state index contributed by atoms with van der Waals surface area (Å²) in [7, 11) is 0. The van der Waals surface area contributed by atoms with Crippen molar-refractivity contribution in [2.75, 3.05) is 5.32 Å². The molecule has 176 valence electrons. The van der Waals surface area contributed by atoms with Crippen molar-refractivity contribution >= 4 is 29.2 Å². The third-order valence-corrected chi connectivity index (χ3v) is 6.12. The Kier molecular flexibility index (Phi) is 5.42. The molecule has 1 atom stereocenters. The van der Waals surface area contributed by atoms with Gasteiger partial charge in [0.2, 0.25) is 11.3 Å². The van der Waals surface area contributed by atoms with Crippen LogP contribution in [0.5, 0.6) is 0 Å². The summed E-state index contributed by atoms with van der Waals surface area (Å²) in [4.78, 5) is 24.0. The number of carbonyl (C=O) groups excluding carboxylic acids is 1. The summed E-state index contributed by atoms with van der Waals surface area (Å²) in [6.45, 7) is 0. The number of aromatic carboxylic acids is 1. The molecule has 0 fully saturated rings. The van der Waals surface area contributed by atoms with Crippen molar-refractivity contribution in [3.8, 4) is 16.8 Å². The molecule has 5 rings (SSSR count). The minimum absolute atomic E-state index is 0.00245. The largest absolute Gasteiger partial charge is 0.618 e. The van der Waals surface area contributed by atoms with Crippen LogP contribution in [0, 0.1) is 5.21 Å². The molecule has 2 heterocycles. The fourth-order valence-electron chi connectivity index (χ4n) is 4.21. The van der Waals surface area contributed by atoms with Crippen molar-refractivity contribution in [3.63, 3.8) is 0 Å². The first-order valence-electron chi connectivity index (χ1n) is 10.4. The zero-order valence-electron chi connectivity index (χ0n) is 17.9. The SMILES string of the molecule is O=C(O)c1ccc(NC(=O)C2(O)CCc3cc(-c4cc(Cl)ccc4-n4cnnn4)c[n+]([O-])c32)cc1. The van der Waals surface area contributed by atoms with Gasteiger partial charge in [-0.2, -0.15) is 9.41 Å². The van der Waals surface area contributed by atoms with E-state index < -0.39 is 17.5 Å². The lowest BCUT2D eigenvalue weighted by atomic mass is 9.98. The molecule has 1 aliphatic carbocycles. The number of halogens is 1. The molecule has 12 heteroatoms. The van der Waals surface area contributed by atoms with Crippen molar-refractivity contribution in [3.05, 3.63) is 88.1 Å². The van der Waals surface area contributed by atoms with Crippen LogP contribution in [0.15, 0.2) is 61.1 Å². The second-order valence-corrected chi connectivity index (χ2v) is 8.48. The van der Waals surface area contributed by atoms with Gasteiger partial charge in [0.25, 0.3) is 5.91 Å². The molecule has 1 unspecified atom stereocenters. The predicted octanol–water partition coefficient (Wildman–Crippen LogP) is 2.09. The first-order valence-corrected chi connectivity index (χ1v) is 10.8. The third-order valence-electron chi connectivity index (χ3n) is 5.89. The fraction of sp³-hybridized carbons (Fsp3) is 0.130. The summed E-state index contributed by atoms with van der Waals surface area (Å²) in [6.07, 6.45) is 2.97. The minimum Gasteiger partial charge on any atom is -0.618 e. The molecule has 0 bridgehead atoms. The molecule has 0 radical (unpaired) electrons. The number of carbonyl (C=O) groups is 2. The second kappa shape index (κ2) is 8.46. The molecular formula is C23H17ClN6O5. The summed E-state index contributed by atoms with van der Waals surface area (Å²) in [5, 5.41) is 47.6. The number of benzene rings is 2. The number of tetrazole rings is 1. The molecule has 2 aromatic carbocycles. The quantitative estimate of drug-likeness (QED) is 0.282. The number of hydrogen-bond acceptors (Lipinski definition) is 7. The Balaban J connectivity index is 1.50. The fourth-order valence-corrected chi connectivity index (χ4v) is 4.38. The summed E-state index contributed by atoms with van der Waals surface area (Å²) in [5.41, 5.74) is 0.437. The minimum atomic E-state index is -2.06. The Morgan fingerprint density at radius 3 is 2.63 bits per heavy atom. The maximum Gasteiger partial charge on any atom is 0.335 e. The van der Waals surface area contributed by atoms with Crippen LogP contribution < -0.4 is 10.0 Å². The molecule has 0 spiro atoms. The van der Waals surface area contributed by atoms with Gasteiger partial charge in [-0.15, -0.1) is 5.10 Å². The van der Waals surface area contributed by atoms with Gasteiger partial charge in [0, 0.05) is 27.4 Å². The number of pyridine rings is 1. The summed E-state index contributed by atoms with van der Waals surface area (Å²) in [6, 6.07) is 12.3. The first kappa shape index (κ1) is 22.4. The van der Waals surface area contributed by atoms with Crippen molar-refractivity contribution in [1.82, 2.24) is 20.2 Å². The highest BCUT2D eigenvalue weighted by molar-refractivity contribution is 6.31. The number of nitrogens with zero attached hydrogens (tertiary/aromatic N) is 5. The molecule has 2 aromatic heterocycles. The topological polar surface area (TPSA) is 157 Å². The zero-order chi connectivity index (χ0) is 24.7. The van der Waals surface area contributed by atoms with Crippen molar-refractivity contribution in [2.24, 2.45) is 0 Å². The van der Waals surface area contributed by atoms with E-state index in [0.717, 1.165) is 0 Å². The van der Waals surface area contributed by atoms with E-state index in [4.69, 9.17) is 16.7 Å². The molecule has 35 heavy (non-hydrogen) atoms. The highest BCUT2D eigenvalue weighted by Gasteiger charge is 2.50. The van der Waals surface area contributed by atoms with E-state index in [9.17, 15) is 19.9 Å². The van der Waals surface area contributed by atoms with Gasteiger partial charge >= 0.3 is 5.97 Å². The number of aliphatic hydroxyl groups is 1. The molecule has 0 saturated heterocycles. The molecule has 0 aliphatic heterocycles. The van der Waals surface area contributed by atoms with Gasteiger partial charge < -0.3 is 20.7 Å². The molecule has 1 aliphatic rings. The van der Waals surface area contributed by atoms with Crippen LogP contribution in [0.2, 0.25) is 5.02 Å². The van der Waals surface area contributed by atoms with Crippen LogP contribution in [-0.4, -0.2) is 42.3 Å². The number of carboxylic acids is 1. The van der Waals surface area contributed by atoms with Gasteiger partial charge in [0.05, 0.1) is 11.3 Å². The Bertz CT molecular complexity index is 1460. The number of fused-ring (bicyclic) bond motifs is 1. The lowest BCUT2D eigenvalue weighted by Crippen LogP contribution is -2.47. The van der Waals surface area contributed by atoms with Crippen LogP contribution >= 0.6 is 11.6 Å². The number of rotatable bonds is 5. The number of hydrogen-bond donors (Lipinski definition) is 3. The Morgan fingerprint density at radius 2 is 1.94 bits per heavy atom. The molecular weight excluding hydrogens is 476 g/mol. The number of amides is 1. The van der Waals surface area contributed by atoms with E-state index in [1.54, 1.807) is 24.3 Å². The molecule has 1 amide bonds. The van der Waals surface area contributed by atoms with Crippen molar-refractivity contribution in [2.45, 2.75) is 18.4 Å². The van der Waals surface area contributed by atoms with Crippen LogP contribution in [0.25, 0.3) is 16.8 Å². The van der Waals surface area contributed by atoms with Gasteiger partial charge in [-0.25, -0.2) is 4.79 Å². The van der Waals surface area contributed by atoms with Gasteiger partial charge in [-0.3, -0.25) is 4.79 Å². The highest BCUT2D eigenvalue weighted by Crippen LogP contribution is 2.38. The maximum absolute atomic E-state index is 13.1. The highest BCUT2D eigenvalue weighted by atomic mass is 35.5. The van der Waals surface area contributed by atoms with Gasteiger partial charge in [-0.1, -0.05) is 11.6 Å². The molecule has 11 nitrogen and oxygen atoms in total. The number of carboxylic acid groups (broad SMARTS) is 1. The monoisotopic (exact) mass is 492 g/mol. The summed E-state index contributed by atoms with van der Waals surface area (Å²) in [5.74, 6) is -1.88. The van der Waals surface area contributed by atoms with Gasteiger partial charge in [0.1, 0.15) is 6.33 Å². The van der Waals surface area contributed by atoms with Crippen molar-refractivity contribution in [1.29, 1.82) is 0 Å². The Morgan fingerprint density at radius 1 is 1.17 bits per heavy atom. The standard InChI is InChI=1S/C23H17ClN6O5/c24-16-3-6-19(29-12-25-27-28-29)18(10-16)15-9-14-7-8-23(34,20(14)30(35)11-15)22(33)26-17-4-1-13(2-5-17)21(31)32/h1-6,9-12,34H,7-8H2,(H,26,33)(H,31,32). The van der Waals surface area contributed by atoms with Crippen LogP contribution in [0.1, 0.15) is 28.0 Å². The average Bonchev–Trinajstić information content (AvgIpc) is 3.48.